The number of nitrogens with zero attached hydrogens (tertiary/aromatic N) is 2. The standard InChI is InChI=1S/C7H9N3O/c1-10-5-9-4-6(10)2-3-7(8)11/h2-5H,1H3,(H2,8,11)/b3-2-. The molecule has 2 N–H and O–H groups in total. The maximum absolute atomic E-state index is 10.3. The molecule has 11 heavy (non-hydrogen) atoms. The average Bonchev–Trinajstić information content (AvgIpc) is 2.31. The molecule has 4 heteroatoms. The molecule has 1 aromatic heterocycles. The third kappa shape index (κ3) is 1.93. The quantitative estimate of drug-likeness (QED) is 0.601. The second kappa shape index (κ2) is 3.01. The number of aryl methyl sites for hydroxylation is 1. The lowest BCUT2D eigenvalue weighted by Gasteiger charge is -1.91. The van der Waals surface area contributed by atoms with Gasteiger partial charge in [0.15, 0.2) is 0 Å². The van der Waals surface area contributed by atoms with E-state index in [9.17, 15) is 4.79 Å². The number of hydrogen-bond donors (Lipinski definition) is 1. The van der Waals surface area contributed by atoms with Gasteiger partial charge in [0.25, 0.3) is 0 Å². The van der Waals surface area contributed by atoms with Crippen LogP contribution in [0.15, 0.2) is 18.6 Å². The van der Waals surface area contributed by atoms with Crippen molar-refractivity contribution in [3.05, 3.63) is 24.3 Å². The van der Waals surface area contributed by atoms with E-state index in [1.54, 1.807) is 23.2 Å². The Balaban J connectivity index is 2.79. The van der Waals surface area contributed by atoms with Crippen LogP contribution in [0.4, 0.5) is 0 Å². The summed E-state index contributed by atoms with van der Waals surface area (Å²) in [4.78, 5) is 14.2. The largest absolute Gasteiger partial charge is 0.366 e. The fourth-order valence-electron chi connectivity index (χ4n) is 0.696. The van der Waals surface area contributed by atoms with E-state index < -0.39 is 5.91 Å². The normalized spacial score (nSPS) is 10.6. The molecule has 0 aromatic carbocycles. The van der Waals surface area contributed by atoms with E-state index in [1.165, 1.54) is 6.08 Å². The van der Waals surface area contributed by atoms with Crippen LogP contribution in [0.5, 0.6) is 0 Å². The number of carbonyl (C=O) groups is 1. The van der Waals surface area contributed by atoms with Gasteiger partial charge >= 0.3 is 0 Å². The predicted molar refractivity (Wildman–Crippen MR) is 41.4 cm³/mol. The first kappa shape index (κ1) is 7.53. The maximum atomic E-state index is 10.3. The summed E-state index contributed by atoms with van der Waals surface area (Å²) in [6.07, 6.45) is 6.23. The SMILES string of the molecule is Cn1cncc1/C=C\C(N)=O. The van der Waals surface area contributed by atoms with Gasteiger partial charge in [-0.15, -0.1) is 0 Å². The van der Waals surface area contributed by atoms with Gasteiger partial charge in [-0.25, -0.2) is 4.98 Å². The third-order valence-electron chi connectivity index (χ3n) is 1.27. The van der Waals surface area contributed by atoms with Crippen molar-refractivity contribution >= 4 is 12.0 Å². The molecule has 0 unspecified atom stereocenters. The fourth-order valence-corrected chi connectivity index (χ4v) is 0.696. The van der Waals surface area contributed by atoms with Gasteiger partial charge in [-0.05, 0) is 6.08 Å². The van der Waals surface area contributed by atoms with Gasteiger partial charge in [0, 0.05) is 13.1 Å². The summed E-state index contributed by atoms with van der Waals surface area (Å²) < 4.78 is 1.79. The first-order chi connectivity index (χ1) is 5.20. The van der Waals surface area contributed by atoms with Gasteiger partial charge in [-0.1, -0.05) is 0 Å². The van der Waals surface area contributed by atoms with Crippen LogP contribution in [0.25, 0.3) is 6.08 Å². The highest BCUT2D eigenvalue weighted by Gasteiger charge is 1.91. The molecule has 58 valence electrons. The molecule has 4 nitrogen and oxygen atoms in total. The minimum Gasteiger partial charge on any atom is -0.366 e. The number of imidazole rings is 1. The second-order valence-corrected chi connectivity index (χ2v) is 2.17. The molecule has 0 spiro atoms. The third-order valence-corrected chi connectivity index (χ3v) is 1.27. The molecular formula is C7H9N3O. The highest BCUT2D eigenvalue weighted by Crippen LogP contribution is 1.97. The number of hydrogen-bond acceptors (Lipinski definition) is 2. The Labute approximate surface area is 64.3 Å². The molecule has 0 fully saturated rings. The van der Waals surface area contributed by atoms with Crippen LogP contribution >= 0.6 is 0 Å². The Kier molecular flexibility index (Phi) is 2.06. The molecule has 0 saturated carbocycles. The number of rotatable bonds is 2. The molecule has 0 aliphatic heterocycles. The topological polar surface area (TPSA) is 60.9 Å². The average molecular weight is 151 g/mol. The lowest BCUT2D eigenvalue weighted by molar-refractivity contribution is -0.113. The molecule has 0 atom stereocenters. The second-order valence-electron chi connectivity index (χ2n) is 2.17. The minimum atomic E-state index is -0.453. The summed E-state index contributed by atoms with van der Waals surface area (Å²) in [5.41, 5.74) is 5.75. The van der Waals surface area contributed by atoms with Crippen molar-refractivity contribution < 1.29 is 4.79 Å². The number of aromatic nitrogens is 2. The molecule has 0 aliphatic rings. The van der Waals surface area contributed by atoms with Crippen molar-refractivity contribution in [3.63, 3.8) is 0 Å². The summed E-state index contributed by atoms with van der Waals surface area (Å²) in [5.74, 6) is -0.453. The van der Waals surface area contributed by atoms with Crippen molar-refractivity contribution in [2.45, 2.75) is 0 Å². The molecule has 1 rings (SSSR count). The summed E-state index contributed by atoms with van der Waals surface area (Å²) in [5, 5.41) is 0. The van der Waals surface area contributed by atoms with E-state index in [-0.39, 0.29) is 0 Å². The van der Waals surface area contributed by atoms with Crippen LogP contribution in [0, 0.1) is 0 Å². The van der Waals surface area contributed by atoms with Crippen molar-refractivity contribution in [2.75, 3.05) is 0 Å². The number of carbonyl (C=O) groups excluding carboxylic acids is 1. The number of primary amides is 1. The lowest BCUT2D eigenvalue weighted by atomic mass is 10.4. The molecule has 1 aromatic rings. The van der Waals surface area contributed by atoms with Crippen molar-refractivity contribution in [2.24, 2.45) is 12.8 Å². The van der Waals surface area contributed by atoms with E-state index in [2.05, 4.69) is 4.98 Å². The zero-order valence-corrected chi connectivity index (χ0v) is 6.19. The van der Waals surface area contributed by atoms with Gasteiger partial charge in [-0.3, -0.25) is 4.79 Å². The van der Waals surface area contributed by atoms with Gasteiger partial charge in [0.1, 0.15) is 0 Å². The summed E-state index contributed by atoms with van der Waals surface area (Å²) in [6, 6.07) is 0. The first-order valence-corrected chi connectivity index (χ1v) is 3.14. The minimum absolute atomic E-state index is 0.453. The Morgan fingerprint density at radius 2 is 2.55 bits per heavy atom. The predicted octanol–water partition coefficient (Wildman–Crippen LogP) is -0.0814. The van der Waals surface area contributed by atoms with Crippen LogP contribution in [0.1, 0.15) is 5.69 Å². The van der Waals surface area contributed by atoms with Gasteiger partial charge in [-0.2, -0.15) is 0 Å². The molecule has 1 amide bonds. The van der Waals surface area contributed by atoms with Crippen LogP contribution in [-0.2, 0) is 11.8 Å². The summed E-state index contributed by atoms with van der Waals surface area (Å²) in [7, 11) is 1.84. The smallest absolute Gasteiger partial charge is 0.241 e. The summed E-state index contributed by atoms with van der Waals surface area (Å²) in [6.45, 7) is 0. The van der Waals surface area contributed by atoms with E-state index >= 15 is 0 Å². The zero-order valence-electron chi connectivity index (χ0n) is 6.19. The van der Waals surface area contributed by atoms with Crippen LogP contribution in [0.2, 0.25) is 0 Å². The molecule has 1 heterocycles. The first-order valence-electron chi connectivity index (χ1n) is 3.14. The van der Waals surface area contributed by atoms with Crippen LogP contribution in [0.3, 0.4) is 0 Å². The van der Waals surface area contributed by atoms with E-state index in [1.807, 2.05) is 7.05 Å². The molecule has 0 saturated heterocycles. The van der Waals surface area contributed by atoms with Crippen molar-refractivity contribution in [3.8, 4) is 0 Å². The number of nitrogens with two attached hydrogens (primary N) is 1. The van der Waals surface area contributed by atoms with E-state index in [0.717, 1.165) is 5.69 Å². The Morgan fingerprint density at radius 3 is 3.00 bits per heavy atom. The van der Waals surface area contributed by atoms with Gasteiger partial charge in [0.2, 0.25) is 5.91 Å². The molecule has 0 aliphatic carbocycles. The Bertz CT molecular complexity index is 288. The molecule has 0 radical (unpaired) electrons. The van der Waals surface area contributed by atoms with Crippen molar-refractivity contribution in [1.29, 1.82) is 0 Å². The van der Waals surface area contributed by atoms with Gasteiger partial charge in [0.05, 0.1) is 18.2 Å². The summed E-state index contributed by atoms with van der Waals surface area (Å²) >= 11 is 0. The highest BCUT2D eigenvalue weighted by molar-refractivity contribution is 5.89. The van der Waals surface area contributed by atoms with Crippen LogP contribution < -0.4 is 5.73 Å². The van der Waals surface area contributed by atoms with Crippen LogP contribution in [-0.4, -0.2) is 15.5 Å². The monoisotopic (exact) mass is 151 g/mol. The Hall–Kier alpha value is -1.58. The Morgan fingerprint density at radius 1 is 1.82 bits per heavy atom. The zero-order chi connectivity index (χ0) is 8.27. The molecule has 0 bridgehead atoms. The van der Waals surface area contributed by atoms with Crippen molar-refractivity contribution in [1.82, 2.24) is 9.55 Å². The van der Waals surface area contributed by atoms with Gasteiger partial charge < -0.3 is 10.3 Å². The molecular weight excluding hydrogens is 142 g/mol. The fraction of sp³-hybridized carbons (Fsp3) is 0.143. The van der Waals surface area contributed by atoms with E-state index in [4.69, 9.17) is 5.73 Å². The lowest BCUT2D eigenvalue weighted by Crippen LogP contribution is -2.05. The highest BCUT2D eigenvalue weighted by atomic mass is 16.1. The number of amides is 1. The maximum Gasteiger partial charge on any atom is 0.241 e. The van der Waals surface area contributed by atoms with E-state index in [0.29, 0.717) is 0 Å².